The van der Waals surface area contributed by atoms with Gasteiger partial charge in [-0.3, -0.25) is 14.3 Å². The number of imidazole rings is 1. The van der Waals surface area contributed by atoms with Crippen LogP contribution in [0, 0.1) is 0 Å². The Balaban J connectivity index is 1.51. The lowest BCUT2D eigenvalue weighted by Gasteiger charge is -2.37. The summed E-state index contributed by atoms with van der Waals surface area (Å²) in [4.78, 5) is 27.6. The van der Waals surface area contributed by atoms with Gasteiger partial charge in [0.15, 0.2) is 23.6 Å². The largest absolute Gasteiger partial charge is 0.497 e. The van der Waals surface area contributed by atoms with Gasteiger partial charge in [-0.25, -0.2) is 9.37 Å². The SMILES string of the molecule is COc1ccc(C(Nc2nc3c(ncn3[C@@H]3O[C@@](CO)(CN=[N+]=[N-])[C@@H](O)[C@H]3F)c(=O)[nH]2)(c2ccccc2)c2ccccc2)cc1. The van der Waals surface area contributed by atoms with Gasteiger partial charge < -0.3 is 25.0 Å². The van der Waals surface area contributed by atoms with E-state index in [0.717, 1.165) is 16.7 Å². The monoisotopic (exact) mass is 612 g/mol. The molecule has 45 heavy (non-hydrogen) atoms. The van der Waals surface area contributed by atoms with Gasteiger partial charge in [0.25, 0.3) is 5.56 Å². The van der Waals surface area contributed by atoms with Gasteiger partial charge in [0.05, 0.1) is 26.6 Å². The lowest BCUT2D eigenvalue weighted by molar-refractivity contribution is -0.120. The number of rotatable bonds is 10. The number of methoxy groups -OCH3 is 1. The standard InChI is InChI=1S/C31H29FN8O5/c1-44-22-14-12-21(13-15-22)31(19-8-4-2-5-9-19,20-10-6-3-7-11-20)38-29-36-26-24(27(43)37-29)34-18-40(26)28-23(32)25(42)30(17-41,45-28)16-35-39-33/h2-15,18,23,25,28,41-42H,16-17H2,1H3,(H2,36,37,38,43)/t23-,25+,28-,30-/m1/s1. The third-order valence-electron chi connectivity index (χ3n) is 8.09. The lowest BCUT2D eigenvalue weighted by Crippen LogP contribution is -2.48. The minimum Gasteiger partial charge on any atom is -0.497 e. The van der Waals surface area contributed by atoms with E-state index in [1.807, 2.05) is 84.9 Å². The maximum atomic E-state index is 15.6. The van der Waals surface area contributed by atoms with Crippen LogP contribution in [0.25, 0.3) is 21.6 Å². The van der Waals surface area contributed by atoms with Crippen LogP contribution >= 0.6 is 0 Å². The summed E-state index contributed by atoms with van der Waals surface area (Å²) in [5.41, 5.74) is 7.49. The average molecular weight is 613 g/mol. The van der Waals surface area contributed by atoms with E-state index in [0.29, 0.717) is 5.75 Å². The van der Waals surface area contributed by atoms with Crippen LogP contribution in [0.1, 0.15) is 22.9 Å². The van der Waals surface area contributed by atoms with Crippen molar-refractivity contribution in [2.24, 2.45) is 5.11 Å². The second-order valence-electron chi connectivity index (χ2n) is 10.6. The zero-order chi connectivity index (χ0) is 31.6. The summed E-state index contributed by atoms with van der Waals surface area (Å²) in [7, 11) is 1.58. The van der Waals surface area contributed by atoms with Gasteiger partial charge >= 0.3 is 0 Å². The van der Waals surface area contributed by atoms with Crippen LogP contribution in [0.3, 0.4) is 0 Å². The molecular weight excluding hydrogens is 583 g/mol. The molecule has 230 valence electrons. The number of nitrogens with zero attached hydrogens (tertiary/aromatic N) is 6. The number of hydrogen-bond acceptors (Lipinski definition) is 9. The van der Waals surface area contributed by atoms with Crippen LogP contribution in [-0.2, 0) is 10.3 Å². The van der Waals surface area contributed by atoms with Gasteiger partial charge in [-0.2, -0.15) is 4.98 Å². The van der Waals surface area contributed by atoms with Gasteiger partial charge in [0.1, 0.15) is 23.0 Å². The normalized spacial score (nSPS) is 21.4. The van der Waals surface area contributed by atoms with E-state index in [2.05, 4.69) is 30.3 Å². The molecular formula is C31H29FN8O5. The van der Waals surface area contributed by atoms with E-state index >= 15 is 4.39 Å². The molecule has 0 amide bonds. The molecule has 0 radical (unpaired) electrons. The molecule has 1 aliphatic heterocycles. The molecule has 3 aromatic carbocycles. The number of anilines is 1. The number of aliphatic hydroxyl groups excluding tert-OH is 2. The maximum Gasteiger partial charge on any atom is 0.280 e. The van der Waals surface area contributed by atoms with Crippen LogP contribution in [0.15, 0.2) is 101 Å². The Hall–Kier alpha value is -5.27. The highest BCUT2D eigenvalue weighted by Crippen LogP contribution is 2.42. The van der Waals surface area contributed by atoms with Crippen molar-refractivity contribution >= 4 is 17.1 Å². The average Bonchev–Trinajstić information content (AvgIpc) is 3.62. The van der Waals surface area contributed by atoms with E-state index in [4.69, 9.17) is 15.0 Å². The Kier molecular flexibility index (Phi) is 7.96. The first-order chi connectivity index (χ1) is 21.9. The van der Waals surface area contributed by atoms with Crippen LogP contribution in [0.2, 0.25) is 0 Å². The van der Waals surface area contributed by atoms with Crippen LogP contribution in [0.4, 0.5) is 10.3 Å². The predicted octanol–water partition coefficient (Wildman–Crippen LogP) is 3.80. The van der Waals surface area contributed by atoms with Crippen molar-refractivity contribution in [3.63, 3.8) is 0 Å². The van der Waals surface area contributed by atoms with Crippen molar-refractivity contribution in [3.8, 4) is 5.75 Å². The third-order valence-corrected chi connectivity index (χ3v) is 8.09. The van der Waals surface area contributed by atoms with Crippen LogP contribution in [-0.4, -0.2) is 67.9 Å². The highest BCUT2D eigenvalue weighted by molar-refractivity contribution is 5.71. The molecule has 3 heterocycles. The van der Waals surface area contributed by atoms with Crippen LogP contribution in [0.5, 0.6) is 5.75 Å². The van der Waals surface area contributed by atoms with Gasteiger partial charge in [-0.05, 0) is 34.4 Å². The molecule has 1 fully saturated rings. The number of halogens is 1. The molecule has 1 saturated heterocycles. The van der Waals surface area contributed by atoms with E-state index < -0.39 is 48.4 Å². The zero-order valence-electron chi connectivity index (χ0n) is 24.0. The maximum absolute atomic E-state index is 15.6. The van der Waals surface area contributed by atoms with E-state index in [-0.39, 0.29) is 17.1 Å². The Morgan fingerprint density at radius 2 is 1.73 bits per heavy atom. The zero-order valence-corrected chi connectivity index (χ0v) is 24.0. The number of fused-ring (bicyclic) bond motifs is 1. The molecule has 0 aliphatic carbocycles. The summed E-state index contributed by atoms with van der Waals surface area (Å²) in [5.74, 6) is 0.693. The summed E-state index contributed by atoms with van der Waals surface area (Å²) in [5, 5.41) is 27.5. The Morgan fingerprint density at radius 3 is 2.31 bits per heavy atom. The third kappa shape index (κ3) is 5.05. The molecule has 6 rings (SSSR count). The first-order valence-corrected chi connectivity index (χ1v) is 14.0. The van der Waals surface area contributed by atoms with Crippen molar-refractivity contribution < 1.29 is 24.1 Å². The molecule has 2 aromatic heterocycles. The van der Waals surface area contributed by atoms with Gasteiger partial charge in [0.2, 0.25) is 5.95 Å². The van der Waals surface area contributed by atoms with Crippen LogP contribution < -0.4 is 15.6 Å². The van der Waals surface area contributed by atoms with Crippen molar-refractivity contribution in [2.75, 3.05) is 25.6 Å². The number of nitrogens with one attached hydrogen (secondary N) is 2. The number of aromatic nitrogens is 4. The molecule has 0 saturated carbocycles. The van der Waals surface area contributed by atoms with Gasteiger partial charge in [-0.15, -0.1) is 0 Å². The summed E-state index contributed by atoms with van der Waals surface area (Å²) in [6, 6.07) is 26.7. The Labute approximate surface area is 255 Å². The molecule has 14 heteroatoms. The smallest absolute Gasteiger partial charge is 0.280 e. The molecule has 0 unspecified atom stereocenters. The fourth-order valence-corrected chi connectivity index (χ4v) is 5.78. The van der Waals surface area contributed by atoms with Crippen molar-refractivity contribution in [2.45, 2.75) is 29.6 Å². The quantitative estimate of drug-likeness (QED) is 0.0794. The number of aliphatic hydroxyl groups is 2. The number of H-pyrrole nitrogens is 1. The number of hydrogen-bond donors (Lipinski definition) is 4. The number of benzene rings is 3. The minimum atomic E-state index is -2.08. The van der Waals surface area contributed by atoms with Gasteiger partial charge in [-0.1, -0.05) is 77.9 Å². The minimum absolute atomic E-state index is 0.0363. The molecule has 4 atom stereocenters. The first-order valence-electron chi connectivity index (χ1n) is 14.0. The molecule has 1 aliphatic rings. The number of ether oxygens (including phenoxy) is 2. The summed E-state index contributed by atoms with van der Waals surface area (Å²) in [6.07, 6.45) is -4.28. The van der Waals surface area contributed by atoms with E-state index in [1.165, 1.54) is 10.9 Å². The fourth-order valence-electron chi connectivity index (χ4n) is 5.78. The van der Waals surface area contributed by atoms with Gasteiger partial charge in [0, 0.05) is 4.91 Å². The number of alkyl halides is 1. The Morgan fingerprint density at radius 1 is 1.11 bits per heavy atom. The first kappa shape index (κ1) is 29.8. The molecule has 0 bridgehead atoms. The molecule has 13 nitrogen and oxygen atoms in total. The highest BCUT2D eigenvalue weighted by atomic mass is 19.1. The summed E-state index contributed by atoms with van der Waals surface area (Å²) < 4.78 is 27.9. The second kappa shape index (κ2) is 12.0. The predicted molar refractivity (Wildman–Crippen MR) is 162 cm³/mol. The second-order valence-corrected chi connectivity index (χ2v) is 10.6. The Bertz CT molecular complexity index is 1860. The van der Waals surface area contributed by atoms with Crippen molar-refractivity contribution in [1.29, 1.82) is 0 Å². The fraction of sp³-hybridized carbons (Fsp3) is 0.258. The molecule has 0 spiro atoms. The summed E-state index contributed by atoms with van der Waals surface area (Å²) >= 11 is 0. The number of aromatic amines is 1. The highest BCUT2D eigenvalue weighted by Gasteiger charge is 2.55. The van der Waals surface area contributed by atoms with E-state index in [1.54, 1.807) is 7.11 Å². The van der Waals surface area contributed by atoms with Crippen molar-refractivity contribution in [1.82, 2.24) is 19.5 Å². The summed E-state index contributed by atoms with van der Waals surface area (Å²) in [6.45, 7) is -1.35. The lowest BCUT2D eigenvalue weighted by atomic mass is 9.77. The molecule has 4 N–H and O–H groups in total. The van der Waals surface area contributed by atoms with E-state index in [9.17, 15) is 15.0 Å². The number of azide groups is 1. The van der Waals surface area contributed by atoms with Crippen molar-refractivity contribution in [3.05, 3.63) is 129 Å². The topological polar surface area (TPSA) is 183 Å². The molecule has 5 aromatic rings.